The van der Waals surface area contributed by atoms with E-state index in [9.17, 15) is 9.59 Å². The fraction of sp³-hybridized carbons (Fsp3) is 0.0833. The van der Waals surface area contributed by atoms with Gasteiger partial charge in [-0.1, -0.05) is 78.0 Å². The predicted octanol–water partition coefficient (Wildman–Crippen LogP) is 4.29. The number of hydrogen-bond acceptors (Lipinski definition) is 5. The van der Waals surface area contributed by atoms with E-state index in [2.05, 4.69) is 15.5 Å². The minimum atomic E-state index is -0.420. The highest BCUT2D eigenvalue weighted by molar-refractivity contribution is 7.99. The molecule has 0 saturated carbocycles. The molecule has 2 amide bonds. The van der Waals surface area contributed by atoms with Gasteiger partial charge >= 0.3 is 0 Å². The van der Waals surface area contributed by atoms with E-state index in [1.807, 2.05) is 72.2 Å². The minimum absolute atomic E-state index is 0.0390. The van der Waals surface area contributed by atoms with Gasteiger partial charge in [0.05, 0.1) is 5.75 Å². The van der Waals surface area contributed by atoms with Crippen molar-refractivity contribution in [3.63, 3.8) is 0 Å². The number of carbonyl (C=O) groups is 2. The van der Waals surface area contributed by atoms with Crippen molar-refractivity contribution in [2.45, 2.75) is 12.1 Å². The van der Waals surface area contributed by atoms with Crippen LogP contribution in [0.25, 0.3) is 17.1 Å². The van der Waals surface area contributed by atoms with Gasteiger partial charge in [0.1, 0.15) is 0 Å². The molecule has 0 aliphatic carbocycles. The molecule has 6 nitrogen and oxygen atoms in total. The molecule has 154 valence electrons. The number of carbonyl (C=O) groups excluding carboxylic acids is 2. The van der Waals surface area contributed by atoms with Crippen LogP contribution in [0.3, 0.4) is 0 Å². The maximum Gasteiger partial charge on any atom is 0.257 e. The van der Waals surface area contributed by atoms with Crippen molar-refractivity contribution in [1.82, 2.24) is 20.1 Å². The Hall–Kier alpha value is -3.71. The van der Waals surface area contributed by atoms with Crippen LogP contribution < -0.4 is 5.32 Å². The molecular formula is C24H20N4O2S. The summed E-state index contributed by atoms with van der Waals surface area (Å²) in [5, 5.41) is 11.7. The van der Waals surface area contributed by atoms with E-state index < -0.39 is 11.8 Å². The largest absolute Gasteiger partial charge is 0.292 e. The standard InChI is InChI=1S/C24H20N4O2S/c1-17-12-14-20(15-13-17)28-22(18-8-4-2-5-9-18)26-27-24(28)31-16-21(29)25-23(30)19-10-6-3-7-11-19/h2-15H,16H2,1H3,(H,25,29,30). The lowest BCUT2D eigenvalue weighted by Crippen LogP contribution is -2.31. The summed E-state index contributed by atoms with van der Waals surface area (Å²) >= 11 is 1.23. The highest BCUT2D eigenvalue weighted by Gasteiger charge is 2.18. The Morgan fingerprint density at radius 2 is 1.52 bits per heavy atom. The van der Waals surface area contributed by atoms with Crippen LogP contribution in [-0.2, 0) is 4.79 Å². The quantitative estimate of drug-likeness (QED) is 0.464. The van der Waals surface area contributed by atoms with E-state index >= 15 is 0 Å². The molecule has 0 spiro atoms. The molecule has 0 radical (unpaired) electrons. The van der Waals surface area contributed by atoms with Crippen molar-refractivity contribution >= 4 is 23.6 Å². The molecule has 0 aliphatic heterocycles. The Morgan fingerprint density at radius 1 is 0.871 bits per heavy atom. The van der Waals surface area contributed by atoms with E-state index in [0.29, 0.717) is 16.5 Å². The van der Waals surface area contributed by atoms with Crippen LogP contribution in [-0.4, -0.2) is 32.3 Å². The number of amides is 2. The summed E-state index contributed by atoms with van der Waals surface area (Å²) in [6, 6.07) is 26.4. The van der Waals surface area contributed by atoms with E-state index in [1.165, 1.54) is 11.8 Å². The Labute approximate surface area is 184 Å². The number of aryl methyl sites for hydroxylation is 1. The van der Waals surface area contributed by atoms with Gasteiger partial charge in [-0.3, -0.25) is 19.5 Å². The zero-order chi connectivity index (χ0) is 21.6. The topological polar surface area (TPSA) is 76.9 Å². The Kier molecular flexibility index (Phi) is 6.24. The van der Waals surface area contributed by atoms with Crippen LogP contribution in [0.4, 0.5) is 0 Å². The number of nitrogens with zero attached hydrogens (tertiary/aromatic N) is 3. The van der Waals surface area contributed by atoms with Gasteiger partial charge in [-0.05, 0) is 31.2 Å². The van der Waals surface area contributed by atoms with Crippen LogP contribution in [0.5, 0.6) is 0 Å². The maximum absolute atomic E-state index is 12.4. The average Bonchev–Trinajstić information content (AvgIpc) is 3.23. The van der Waals surface area contributed by atoms with Crippen molar-refractivity contribution in [3.8, 4) is 17.1 Å². The molecular weight excluding hydrogens is 408 g/mol. The number of aromatic nitrogens is 3. The number of rotatable bonds is 6. The maximum atomic E-state index is 12.4. The van der Waals surface area contributed by atoms with Crippen LogP contribution in [0.15, 0.2) is 90.1 Å². The normalized spacial score (nSPS) is 10.6. The zero-order valence-corrected chi connectivity index (χ0v) is 17.7. The van der Waals surface area contributed by atoms with Gasteiger partial charge in [0.25, 0.3) is 5.91 Å². The Bertz CT molecular complexity index is 1190. The summed E-state index contributed by atoms with van der Waals surface area (Å²) in [7, 11) is 0. The molecule has 0 aliphatic rings. The second-order valence-electron chi connectivity index (χ2n) is 6.88. The molecule has 0 fully saturated rings. The highest BCUT2D eigenvalue weighted by atomic mass is 32.2. The number of thioether (sulfide) groups is 1. The van der Waals surface area contributed by atoms with Crippen molar-refractivity contribution in [2.24, 2.45) is 0 Å². The number of nitrogens with one attached hydrogen (secondary N) is 1. The highest BCUT2D eigenvalue weighted by Crippen LogP contribution is 2.28. The van der Waals surface area contributed by atoms with E-state index in [0.717, 1.165) is 16.8 Å². The van der Waals surface area contributed by atoms with Crippen molar-refractivity contribution in [3.05, 3.63) is 96.1 Å². The molecule has 0 bridgehead atoms. The van der Waals surface area contributed by atoms with Gasteiger partial charge in [-0.2, -0.15) is 0 Å². The molecule has 7 heteroatoms. The first-order valence-electron chi connectivity index (χ1n) is 9.72. The average molecular weight is 429 g/mol. The molecule has 4 rings (SSSR count). The van der Waals surface area contributed by atoms with E-state index in [4.69, 9.17) is 0 Å². The molecule has 0 saturated heterocycles. The summed E-state index contributed by atoms with van der Waals surface area (Å²) in [6.07, 6.45) is 0. The number of imide groups is 1. The minimum Gasteiger partial charge on any atom is -0.292 e. The summed E-state index contributed by atoms with van der Waals surface area (Å²) in [5.41, 5.74) is 3.41. The molecule has 3 aromatic carbocycles. The summed E-state index contributed by atoms with van der Waals surface area (Å²) in [4.78, 5) is 24.6. The number of hydrogen-bond donors (Lipinski definition) is 1. The Balaban J connectivity index is 1.55. The first-order valence-corrected chi connectivity index (χ1v) is 10.7. The first kappa shape index (κ1) is 20.6. The molecule has 1 N–H and O–H groups in total. The SMILES string of the molecule is Cc1ccc(-n2c(SCC(=O)NC(=O)c3ccccc3)nnc2-c2ccccc2)cc1. The second-order valence-corrected chi connectivity index (χ2v) is 7.82. The van der Waals surface area contributed by atoms with Crippen LogP contribution >= 0.6 is 11.8 Å². The molecule has 31 heavy (non-hydrogen) atoms. The summed E-state index contributed by atoms with van der Waals surface area (Å²) in [5.74, 6) is -0.0837. The van der Waals surface area contributed by atoms with Crippen molar-refractivity contribution in [2.75, 3.05) is 5.75 Å². The summed E-state index contributed by atoms with van der Waals surface area (Å²) in [6.45, 7) is 2.03. The summed E-state index contributed by atoms with van der Waals surface area (Å²) < 4.78 is 1.92. The molecule has 0 unspecified atom stereocenters. The van der Waals surface area contributed by atoms with Gasteiger partial charge in [0.2, 0.25) is 5.91 Å². The van der Waals surface area contributed by atoms with Crippen LogP contribution in [0, 0.1) is 6.92 Å². The molecule has 1 aromatic heterocycles. The second kappa shape index (κ2) is 9.40. The van der Waals surface area contributed by atoms with Crippen LogP contribution in [0.1, 0.15) is 15.9 Å². The van der Waals surface area contributed by atoms with E-state index in [-0.39, 0.29) is 5.75 Å². The van der Waals surface area contributed by atoms with E-state index in [1.54, 1.807) is 24.3 Å². The molecule has 4 aromatic rings. The molecule has 1 heterocycles. The first-order chi connectivity index (χ1) is 15.1. The smallest absolute Gasteiger partial charge is 0.257 e. The van der Waals surface area contributed by atoms with Gasteiger partial charge in [0, 0.05) is 16.8 Å². The number of benzene rings is 3. The van der Waals surface area contributed by atoms with Gasteiger partial charge in [-0.15, -0.1) is 10.2 Å². The van der Waals surface area contributed by atoms with Crippen molar-refractivity contribution < 1.29 is 9.59 Å². The van der Waals surface area contributed by atoms with Gasteiger partial charge in [-0.25, -0.2) is 0 Å². The van der Waals surface area contributed by atoms with Crippen LogP contribution in [0.2, 0.25) is 0 Å². The Morgan fingerprint density at radius 3 is 2.19 bits per heavy atom. The van der Waals surface area contributed by atoms with Gasteiger partial charge in [0.15, 0.2) is 11.0 Å². The lowest BCUT2D eigenvalue weighted by atomic mass is 10.2. The third-order valence-electron chi connectivity index (χ3n) is 4.58. The van der Waals surface area contributed by atoms with Crippen molar-refractivity contribution in [1.29, 1.82) is 0 Å². The monoisotopic (exact) mass is 428 g/mol. The molecule has 0 atom stereocenters. The zero-order valence-electron chi connectivity index (χ0n) is 16.9. The predicted molar refractivity (Wildman–Crippen MR) is 121 cm³/mol. The third-order valence-corrected chi connectivity index (χ3v) is 5.51. The lowest BCUT2D eigenvalue weighted by Gasteiger charge is -2.11. The fourth-order valence-corrected chi connectivity index (χ4v) is 3.77. The van der Waals surface area contributed by atoms with Gasteiger partial charge < -0.3 is 0 Å². The lowest BCUT2D eigenvalue weighted by molar-refractivity contribution is -0.117. The third kappa shape index (κ3) is 4.90. The fourth-order valence-electron chi connectivity index (χ4n) is 3.02.